The van der Waals surface area contributed by atoms with Crippen LogP contribution in [0.3, 0.4) is 0 Å². The molecule has 11 nitrogen and oxygen atoms in total. The maximum atomic E-state index is 17.3. The lowest BCUT2D eigenvalue weighted by atomic mass is 9.44. The van der Waals surface area contributed by atoms with Gasteiger partial charge in [-0.25, -0.2) is 9.18 Å². The number of ketones is 2. The molecule has 13 atom stereocenters. The number of hydrogen-bond acceptors (Lipinski definition) is 10. The summed E-state index contributed by atoms with van der Waals surface area (Å²) in [6, 6.07) is 0. The zero-order valence-corrected chi connectivity index (χ0v) is 22.6. The number of carboxylic acids is 1. The molecule has 4 aliphatic carbocycles. The molecule has 0 bridgehead atoms. The van der Waals surface area contributed by atoms with E-state index in [1.165, 1.54) is 18.2 Å². The van der Waals surface area contributed by atoms with Gasteiger partial charge < -0.3 is 40.1 Å². The lowest BCUT2D eigenvalue weighted by molar-refractivity contribution is -0.293. The van der Waals surface area contributed by atoms with Gasteiger partial charge in [0.2, 0.25) is 0 Å². The first kappa shape index (κ1) is 29.4. The summed E-state index contributed by atoms with van der Waals surface area (Å²) in [6.45, 7) is 4.16. The van der Waals surface area contributed by atoms with Crippen LogP contribution in [-0.2, 0) is 23.9 Å². The molecule has 3 saturated carbocycles. The summed E-state index contributed by atoms with van der Waals surface area (Å²) in [6.07, 6.45) is -5.93. The summed E-state index contributed by atoms with van der Waals surface area (Å²) >= 11 is 0. The molecule has 0 radical (unpaired) electrons. The molecule has 0 aromatic heterocycles. The predicted molar refractivity (Wildman–Crippen MR) is 133 cm³/mol. The Morgan fingerprint density at radius 1 is 1.12 bits per heavy atom. The molecule has 222 valence electrons. The number of carbonyl (C=O) groups excluding carboxylic acids is 2. The van der Waals surface area contributed by atoms with Crippen LogP contribution < -0.4 is 0 Å². The van der Waals surface area contributed by atoms with Crippen LogP contribution in [0.5, 0.6) is 0 Å². The van der Waals surface area contributed by atoms with Gasteiger partial charge in [0.05, 0.1) is 6.10 Å². The lowest BCUT2D eigenvalue weighted by Crippen LogP contribution is -2.69. The molecule has 0 aromatic rings. The Kier molecular flexibility index (Phi) is 6.98. The van der Waals surface area contributed by atoms with Gasteiger partial charge in [-0.05, 0) is 56.6 Å². The first-order valence-corrected chi connectivity index (χ1v) is 13.6. The zero-order chi connectivity index (χ0) is 29.6. The van der Waals surface area contributed by atoms with Crippen LogP contribution in [0.15, 0.2) is 23.8 Å². The van der Waals surface area contributed by atoms with Crippen molar-refractivity contribution in [3.8, 4) is 0 Å². The van der Waals surface area contributed by atoms with E-state index in [2.05, 4.69) is 0 Å². The van der Waals surface area contributed by atoms with Crippen LogP contribution in [0.1, 0.15) is 46.5 Å². The van der Waals surface area contributed by atoms with Gasteiger partial charge in [0.1, 0.15) is 30.5 Å². The molecule has 0 amide bonds. The van der Waals surface area contributed by atoms with Crippen molar-refractivity contribution in [1.82, 2.24) is 0 Å². The Balaban J connectivity index is 1.40. The Morgan fingerprint density at radius 3 is 2.45 bits per heavy atom. The Labute approximate surface area is 230 Å². The second-order valence-corrected chi connectivity index (χ2v) is 12.6. The second-order valence-electron chi connectivity index (χ2n) is 12.6. The zero-order valence-electron chi connectivity index (χ0n) is 22.6. The quantitative estimate of drug-likeness (QED) is 0.258. The third-order valence-electron chi connectivity index (χ3n) is 10.8. The SMILES string of the molecule is C[C@H]1C[C@H]2[C@@H]3CCC4=CC(=O)C=C[C@]4(C)[C@@]3(F)[C@@H](O)C[C@]2(C)[C@@]1(O)C(=O)CO[C@H]1OC(C(=O)O)[C@H](O)C(O)C1O. The van der Waals surface area contributed by atoms with E-state index in [9.17, 15) is 45.0 Å². The molecule has 40 heavy (non-hydrogen) atoms. The number of halogens is 1. The van der Waals surface area contributed by atoms with E-state index in [1.807, 2.05) is 0 Å². The fraction of sp³-hybridized carbons (Fsp3) is 0.750. The molecule has 1 aliphatic heterocycles. The summed E-state index contributed by atoms with van der Waals surface area (Å²) in [7, 11) is 0. The standard InChI is InChI=1S/C28H37FO11/c1-12-8-16-15-5-4-13-9-14(30)6-7-25(13,2)27(15,29)17(31)10-26(16,3)28(12,38)18(32)11-39-24-21(35)19(33)20(34)22(40-24)23(36)37/h6-7,9,12,15-17,19-22,24,31,33-35,38H,4-5,8,10-11H2,1-3H3,(H,36,37)/t12-,15-,16-,17-,19?,20+,21?,22?,24-,25-,26-,27-,28-/m0/s1. The van der Waals surface area contributed by atoms with Gasteiger partial charge in [-0.3, -0.25) is 9.59 Å². The molecule has 1 heterocycles. The number of Topliss-reactive ketones (excluding diaryl/α,β-unsaturated/α-hetero) is 1. The highest BCUT2D eigenvalue weighted by atomic mass is 19.1. The molecule has 12 heteroatoms. The summed E-state index contributed by atoms with van der Waals surface area (Å²) in [5.41, 5.74) is -6.07. The second kappa shape index (κ2) is 9.48. The Hall–Kier alpha value is -2.06. The van der Waals surface area contributed by atoms with Crippen LogP contribution in [0.25, 0.3) is 0 Å². The molecule has 3 unspecified atom stereocenters. The number of aliphatic carboxylic acids is 1. The van der Waals surface area contributed by atoms with Crippen molar-refractivity contribution < 1.29 is 58.9 Å². The number of ether oxygens (including phenoxy) is 2. The van der Waals surface area contributed by atoms with Crippen molar-refractivity contribution >= 4 is 17.5 Å². The van der Waals surface area contributed by atoms with E-state index >= 15 is 4.39 Å². The van der Waals surface area contributed by atoms with Crippen molar-refractivity contribution in [3.63, 3.8) is 0 Å². The van der Waals surface area contributed by atoms with Crippen LogP contribution in [-0.4, -0.2) is 103 Å². The van der Waals surface area contributed by atoms with E-state index < -0.39 is 95.0 Å². The number of fused-ring (bicyclic) bond motifs is 5. The van der Waals surface area contributed by atoms with Gasteiger partial charge >= 0.3 is 5.97 Å². The summed E-state index contributed by atoms with van der Waals surface area (Å²) in [5, 5.41) is 62.8. The molecule has 0 spiro atoms. The van der Waals surface area contributed by atoms with Crippen LogP contribution in [0, 0.1) is 28.6 Å². The molecule has 5 rings (SSSR count). The number of rotatable bonds is 5. The fourth-order valence-corrected chi connectivity index (χ4v) is 8.60. The topological polar surface area (TPSA) is 191 Å². The average Bonchev–Trinajstić information content (AvgIpc) is 3.09. The largest absolute Gasteiger partial charge is 0.479 e. The van der Waals surface area contributed by atoms with Gasteiger partial charge in [0, 0.05) is 16.7 Å². The highest BCUT2D eigenvalue weighted by Crippen LogP contribution is 2.70. The van der Waals surface area contributed by atoms with Crippen LogP contribution in [0.4, 0.5) is 4.39 Å². The Morgan fingerprint density at radius 2 is 1.80 bits per heavy atom. The van der Waals surface area contributed by atoms with Crippen LogP contribution in [0.2, 0.25) is 0 Å². The molecule has 0 aromatic carbocycles. The summed E-state index contributed by atoms with van der Waals surface area (Å²) < 4.78 is 27.7. The number of hydrogen-bond donors (Lipinski definition) is 6. The number of carbonyl (C=O) groups is 3. The maximum absolute atomic E-state index is 17.3. The van der Waals surface area contributed by atoms with E-state index in [1.54, 1.807) is 20.8 Å². The van der Waals surface area contributed by atoms with Crippen molar-refractivity contribution in [2.75, 3.05) is 6.61 Å². The third kappa shape index (κ3) is 3.70. The highest BCUT2D eigenvalue weighted by Gasteiger charge is 2.75. The summed E-state index contributed by atoms with van der Waals surface area (Å²) in [4.78, 5) is 37.0. The molecule has 4 fully saturated rings. The molecule has 1 saturated heterocycles. The number of aliphatic hydroxyl groups excluding tert-OH is 4. The first-order chi connectivity index (χ1) is 18.5. The minimum Gasteiger partial charge on any atom is -0.479 e. The monoisotopic (exact) mass is 568 g/mol. The van der Waals surface area contributed by atoms with E-state index in [4.69, 9.17) is 9.47 Å². The maximum Gasteiger partial charge on any atom is 0.335 e. The van der Waals surface area contributed by atoms with E-state index in [0.29, 0.717) is 18.4 Å². The molecule has 6 N–H and O–H groups in total. The van der Waals surface area contributed by atoms with Gasteiger partial charge in [-0.2, -0.15) is 0 Å². The minimum atomic E-state index is -2.13. The lowest BCUT2D eigenvalue weighted by Gasteiger charge is -2.62. The Bertz CT molecular complexity index is 1170. The third-order valence-corrected chi connectivity index (χ3v) is 10.8. The van der Waals surface area contributed by atoms with Gasteiger partial charge in [0.25, 0.3) is 0 Å². The number of allylic oxidation sites excluding steroid dienone is 4. The van der Waals surface area contributed by atoms with Crippen molar-refractivity contribution in [3.05, 3.63) is 23.8 Å². The van der Waals surface area contributed by atoms with Crippen molar-refractivity contribution in [2.45, 2.75) is 94.5 Å². The molecule has 5 aliphatic rings. The van der Waals surface area contributed by atoms with E-state index in [0.717, 1.165) is 0 Å². The number of carboxylic acid groups (broad SMARTS) is 1. The predicted octanol–water partition coefficient (Wildman–Crippen LogP) is -0.188. The number of alkyl halides is 1. The van der Waals surface area contributed by atoms with Crippen molar-refractivity contribution in [2.24, 2.45) is 28.6 Å². The van der Waals surface area contributed by atoms with Crippen molar-refractivity contribution in [1.29, 1.82) is 0 Å². The minimum absolute atomic E-state index is 0.233. The van der Waals surface area contributed by atoms with Gasteiger partial charge in [-0.1, -0.05) is 25.5 Å². The average molecular weight is 569 g/mol. The fourth-order valence-electron chi connectivity index (χ4n) is 8.60. The number of aliphatic hydroxyl groups is 5. The highest BCUT2D eigenvalue weighted by molar-refractivity contribution is 6.01. The van der Waals surface area contributed by atoms with E-state index in [-0.39, 0.29) is 18.6 Å². The molecular weight excluding hydrogens is 531 g/mol. The first-order valence-electron chi connectivity index (χ1n) is 13.6. The normalized spacial score (nSPS) is 51.9. The van der Waals surface area contributed by atoms with Gasteiger partial charge in [0.15, 0.2) is 29.6 Å². The summed E-state index contributed by atoms with van der Waals surface area (Å²) in [5.74, 6) is -4.56. The smallest absolute Gasteiger partial charge is 0.335 e. The molecular formula is C28H37FO11. The van der Waals surface area contributed by atoms with Crippen LogP contribution >= 0.6 is 0 Å². The van der Waals surface area contributed by atoms with Gasteiger partial charge in [-0.15, -0.1) is 0 Å².